The summed E-state index contributed by atoms with van der Waals surface area (Å²) in [7, 11) is 0. The van der Waals surface area contributed by atoms with Gasteiger partial charge in [0.1, 0.15) is 5.82 Å². The lowest BCUT2D eigenvalue weighted by molar-refractivity contribution is 0.372. The maximum Gasteiger partial charge on any atom is 0.194 e. The van der Waals surface area contributed by atoms with Crippen molar-refractivity contribution in [2.45, 2.75) is 13.5 Å². The lowest BCUT2D eigenvalue weighted by atomic mass is 10.2. The molecule has 9 heteroatoms. The summed E-state index contributed by atoms with van der Waals surface area (Å²) in [5.41, 5.74) is 2.04. The Bertz CT molecular complexity index is 886. The van der Waals surface area contributed by atoms with Crippen LogP contribution in [0.2, 0.25) is 0 Å². The van der Waals surface area contributed by atoms with Gasteiger partial charge in [-0.1, -0.05) is 0 Å². The highest BCUT2D eigenvalue weighted by Crippen LogP contribution is 2.17. The molecule has 0 spiro atoms. The van der Waals surface area contributed by atoms with Crippen LogP contribution in [0.4, 0.5) is 10.1 Å². The molecule has 0 unspecified atom stereocenters. The Morgan fingerprint density at radius 1 is 1.21 bits per heavy atom. The highest BCUT2D eigenvalue weighted by atomic mass is 127. The Hall–Kier alpha value is -1.88. The first-order chi connectivity index (χ1) is 13.2. The number of benzene rings is 1. The van der Waals surface area contributed by atoms with Crippen LogP contribution < -0.4 is 10.2 Å². The molecule has 0 saturated carbocycles. The molecule has 0 amide bonds. The van der Waals surface area contributed by atoms with Gasteiger partial charge in [0.05, 0.1) is 12.2 Å². The van der Waals surface area contributed by atoms with Gasteiger partial charge >= 0.3 is 0 Å². The molecule has 150 valence electrons. The third kappa shape index (κ3) is 4.75. The summed E-state index contributed by atoms with van der Waals surface area (Å²) in [6, 6.07) is 6.72. The van der Waals surface area contributed by atoms with E-state index in [1.165, 1.54) is 12.1 Å². The van der Waals surface area contributed by atoms with Crippen molar-refractivity contribution in [3.63, 3.8) is 0 Å². The van der Waals surface area contributed by atoms with Gasteiger partial charge in [-0.05, 0) is 31.2 Å². The van der Waals surface area contributed by atoms with Crippen molar-refractivity contribution in [2.24, 2.45) is 4.99 Å². The standard InChI is InChI=1S/C19H23FN6S.HI/c1-2-21-18(22-13-16-14-26-11-12-27-19(26)23-16)25-9-7-24(8-10-25)17-5-3-15(20)4-6-17;/h3-6,11-12,14H,2,7-10,13H2,1H3,(H,21,22);1H. The summed E-state index contributed by atoms with van der Waals surface area (Å²) in [5.74, 6) is 0.728. The molecule has 28 heavy (non-hydrogen) atoms. The van der Waals surface area contributed by atoms with Crippen molar-refractivity contribution in [1.29, 1.82) is 0 Å². The number of nitrogens with one attached hydrogen (secondary N) is 1. The van der Waals surface area contributed by atoms with Gasteiger partial charge in [-0.3, -0.25) is 4.40 Å². The topological polar surface area (TPSA) is 48.2 Å². The molecule has 0 bridgehead atoms. The van der Waals surface area contributed by atoms with E-state index in [2.05, 4.69) is 27.0 Å². The molecular weight excluding hydrogens is 490 g/mol. The number of hydrogen-bond donors (Lipinski definition) is 1. The second kappa shape index (κ2) is 9.55. The Labute approximate surface area is 185 Å². The maximum absolute atomic E-state index is 13.1. The molecule has 1 N–H and O–H groups in total. The van der Waals surface area contributed by atoms with Crippen molar-refractivity contribution in [2.75, 3.05) is 37.6 Å². The fraction of sp³-hybridized carbons (Fsp3) is 0.368. The van der Waals surface area contributed by atoms with E-state index in [1.54, 1.807) is 11.3 Å². The van der Waals surface area contributed by atoms with E-state index >= 15 is 0 Å². The monoisotopic (exact) mass is 514 g/mol. The van der Waals surface area contributed by atoms with Crippen molar-refractivity contribution in [1.82, 2.24) is 19.6 Å². The molecule has 1 fully saturated rings. The normalized spacial score (nSPS) is 15.0. The summed E-state index contributed by atoms with van der Waals surface area (Å²) in [6.45, 7) is 7.00. The minimum Gasteiger partial charge on any atom is -0.368 e. The molecule has 0 radical (unpaired) electrons. The van der Waals surface area contributed by atoms with Crippen molar-refractivity contribution >= 4 is 51.9 Å². The number of hydrogen-bond acceptors (Lipinski definition) is 4. The second-order valence-electron chi connectivity index (χ2n) is 6.45. The highest BCUT2D eigenvalue weighted by Gasteiger charge is 2.20. The number of nitrogens with zero attached hydrogens (tertiary/aromatic N) is 5. The first-order valence-electron chi connectivity index (χ1n) is 9.18. The van der Waals surface area contributed by atoms with Gasteiger partial charge in [-0.15, -0.1) is 35.3 Å². The van der Waals surface area contributed by atoms with Crippen LogP contribution in [0, 0.1) is 5.82 Å². The van der Waals surface area contributed by atoms with Crippen LogP contribution in [0.1, 0.15) is 12.6 Å². The molecule has 6 nitrogen and oxygen atoms in total. The van der Waals surface area contributed by atoms with Crippen LogP contribution in [0.5, 0.6) is 0 Å². The van der Waals surface area contributed by atoms with E-state index in [0.29, 0.717) is 6.54 Å². The Balaban J connectivity index is 0.00000225. The highest BCUT2D eigenvalue weighted by molar-refractivity contribution is 14.0. The summed E-state index contributed by atoms with van der Waals surface area (Å²) in [5, 5.41) is 5.42. The van der Waals surface area contributed by atoms with Crippen molar-refractivity contribution in [3.05, 3.63) is 53.6 Å². The summed E-state index contributed by atoms with van der Waals surface area (Å²) in [4.78, 5) is 14.9. The molecule has 2 aromatic heterocycles. The largest absolute Gasteiger partial charge is 0.368 e. The Kier molecular flexibility index (Phi) is 7.11. The van der Waals surface area contributed by atoms with Gasteiger partial charge in [0.25, 0.3) is 0 Å². The van der Waals surface area contributed by atoms with Gasteiger partial charge < -0.3 is 15.1 Å². The molecular formula is C19H24FIN6S. The van der Waals surface area contributed by atoms with Crippen LogP contribution in [0.25, 0.3) is 4.96 Å². The van der Waals surface area contributed by atoms with Gasteiger partial charge in [0, 0.05) is 56.2 Å². The SMILES string of the molecule is CCNC(=NCc1cn2ccsc2n1)N1CCN(c2ccc(F)cc2)CC1.I. The van der Waals surface area contributed by atoms with Gasteiger partial charge in [0.15, 0.2) is 10.9 Å². The number of rotatable bonds is 4. The van der Waals surface area contributed by atoms with Crippen molar-refractivity contribution < 1.29 is 4.39 Å². The van der Waals surface area contributed by atoms with Crippen LogP contribution in [0.15, 0.2) is 47.0 Å². The maximum atomic E-state index is 13.1. The molecule has 1 aliphatic rings. The van der Waals surface area contributed by atoms with Crippen LogP contribution in [-0.2, 0) is 6.54 Å². The number of fused-ring (bicyclic) bond motifs is 1. The zero-order valence-electron chi connectivity index (χ0n) is 15.7. The number of imidazole rings is 1. The third-order valence-electron chi connectivity index (χ3n) is 4.64. The predicted octanol–water partition coefficient (Wildman–Crippen LogP) is 3.44. The Morgan fingerprint density at radius 2 is 1.96 bits per heavy atom. The lowest BCUT2D eigenvalue weighted by Gasteiger charge is -2.37. The molecule has 1 aromatic carbocycles. The van der Waals surface area contributed by atoms with E-state index in [4.69, 9.17) is 4.99 Å². The number of thiazole rings is 1. The molecule has 4 rings (SSSR count). The average molecular weight is 514 g/mol. The molecule has 3 heterocycles. The third-order valence-corrected chi connectivity index (χ3v) is 5.41. The van der Waals surface area contributed by atoms with Crippen LogP contribution >= 0.6 is 35.3 Å². The van der Waals surface area contributed by atoms with Gasteiger partial charge in [-0.25, -0.2) is 14.4 Å². The minimum absolute atomic E-state index is 0. The number of guanidine groups is 1. The quantitative estimate of drug-likeness (QED) is 0.330. The number of aliphatic imine (C=N–C) groups is 1. The van der Waals surface area contributed by atoms with E-state index in [-0.39, 0.29) is 29.8 Å². The van der Waals surface area contributed by atoms with Gasteiger partial charge in [-0.2, -0.15) is 0 Å². The van der Waals surface area contributed by atoms with Gasteiger partial charge in [0.2, 0.25) is 0 Å². The molecule has 1 aliphatic heterocycles. The molecule has 0 atom stereocenters. The smallest absolute Gasteiger partial charge is 0.194 e. The molecule has 0 aliphatic carbocycles. The summed E-state index contributed by atoms with van der Waals surface area (Å²) in [6.07, 6.45) is 4.05. The van der Waals surface area contributed by atoms with Crippen LogP contribution in [0.3, 0.4) is 0 Å². The summed E-state index contributed by atoms with van der Waals surface area (Å²) < 4.78 is 15.2. The minimum atomic E-state index is -0.196. The zero-order valence-corrected chi connectivity index (χ0v) is 18.9. The van der Waals surface area contributed by atoms with Crippen molar-refractivity contribution in [3.8, 4) is 0 Å². The second-order valence-corrected chi connectivity index (χ2v) is 7.32. The summed E-state index contributed by atoms with van der Waals surface area (Å²) >= 11 is 1.63. The van der Waals surface area contributed by atoms with E-state index in [9.17, 15) is 4.39 Å². The average Bonchev–Trinajstić information content (AvgIpc) is 3.28. The molecule has 1 saturated heterocycles. The van der Waals surface area contributed by atoms with E-state index in [0.717, 1.165) is 55.0 Å². The fourth-order valence-electron chi connectivity index (χ4n) is 3.26. The fourth-order valence-corrected chi connectivity index (χ4v) is 3.98. The van der Waals surface area contributed by atoms with Crippen LogP contribution in [-0.4, -0.2) is 53.0 Å². The first-order valence-corrected chi connectivity index (χ1v) is 10.1. The van der Waals surface area contributed by atoms with E-state index in [1.807, 2.05) is 34.3 Å². The first kappa shape index (κ1) is 20.8. The van der Waals surface area contributed by atoms with E-state index < -0.39 is 0 Å². The number of piperazine rings is 1. The number of anilines is 1. The lowest BCUT2D eigenvalue weighted by Crippen LogP contribution is -2.52. The number of halogens is 2. The molecule has 3 aromatic rings. The Morgan fingerprint density at radius 3 is 2.64 bits per heavy atom. The zero-order chi connectivity index (χ0) is 18.6. The predicted molar refractivity (Wildman–Crippen MR) is 123 cm³/mol. The number of aromatic nitrogens is 2.